The van der Waals surface area contributed by atoms with Gasteiger partial charge in [0.25, 0.3) is 0 Å². The zero-order valence-corrected chi connectivity index (χ0v) is 20.5. The van der Waals surface area contributed by atoms with Crippen molar-refractivity contribution < 1.29 is 23.2 Å². The van der Waals surface area contributed by atoms with Gasteiger partial charge in [-0.1, -0.05) is 18.7 Å². The van der Waals surface area contributed by atoms with Crippen LogP contribution in [-0.2, 0) is 30.6 Å². The number of aromatic nitrogens is 4. The van der Waals surface area contributed by atoms with Gasteiger partial charge in [-0.15, -0.1) is 0 Å². The topological polar surface area (TPSA) is 130 Å². The van der Waals surface area contributed by atoms with Crippen LogP contribution < -0.4 is 15.7 Å². The van der Waals surface area contributed by atoms with E-state index in [0.29, 0.717) is 17.0 Å². The number of nitrogens with one attached hydrogen (secondary N) is 1. The largest absolute Gasteiger partial charge is 0.465 e. The third-order valence-corrected chi connectivity index (χ3v) is 6.74. The number of halogens is 1. The number of hydrogen-bond donors (Lipinski definition) is 2. The highest BCUT2D eigenvalue weighted by Gasteiger charge is 2.47. The zero-order chi connectivity index (χ0) is 23.6. The maximum absolute atomic E-state index is 15.5. The molecule has 11 nitrogen and oxygen atoms in total. The Hall–Kier alpha value is -1.92. The number of fused-ring (bicyclic) bond motifs is 1. The third-order valence-electron chi connectivity index (χ3n) is 4.96. The first-order valence-corrected chi connectivity index (χ1v) is 12.7. The van der Waals surface area contributed by atoms with E-state index < -0.39 is 31.2 Å². The highest BCUT2D eigenvalue weighted by atomic mass is 32.4. The molecule has 14 heteroatoms. The van der Waals surface area contributed by atoms with E-state index in [9.17, 15) is 4.79 Å². The fourth-order valence-electron chi connectivity index (χ4n) is 3.52. The van der Waals surface area contributed by atoms with Crippen LogP contribution in [0.2, 0.25) is 0 Å². The fraction of sp³-hybridized carbons (Fsp3) is 0.667. The first kappa shape index (κ1) is 24.7. The zero-order valence-electron chi connectivity index (χ0n) is 18.7. The molecule has 0 radical (unpaired) electrons. The standard InChI is InChI=1S/C18H29FN7O4PS/c1-6-28-16(27)11(3)24-31(32)29-8-18(19)7-10(2)15(30-18)26-9-21-12-13(25(4)5)22-17(20)23-14(12)26/h9-11,15,31H,6-8H2,1-5H3,(H,24,32)(H2,20,22,23)/t10-,11-,15+,18-/m0/s1. The minimum Gasteiger partial charge on any atom is -0.465 e. The van der Waals surface area contributed by atoms with Gasteiger partial charge >= 0.3 is 5.97 Å². The minimum atomic E-state index is -2.07. The SMILES string of the molecule is CCOC(=O)[C@H](C)N[PH](=S)OC[C@]1(F)C[C@H](C)[C@H](n2cnc3c(N(C)C)nc(N)nc32)O1. The number of nitrogens with zero attached hydrogens (tertiary/aromatic N) is 5. The van der Waals surface area contributed by atoms with E-state index in [2.05, 4.69) is 20.0 Å². The van der Waals surface area contributed by atoms with Gasteiger partial charge in [-0.05, 0) is 13.8 Å². The molecule has 3 N–H and O–H groups in total. The number of imidazole rings is 1. The molecule has 0 bridgehead atoms. The van der Waals surface area contributed by atoms with Gasteiger partial charge in [0.05, 0.1) is 12.9 Å². The number of nitrogen functional groups attached to an aromatic ring is 1. The van der Waals surface area contributed by atoms with Crippen molar-refractivity contribution in [2.75, 3.05) is 37.9 Å². The molecule has 0 amide bonds. The Bertz CT molecular complexity index is 1010. The second-order valence-corrected chi connectivity index (χ2v) is 10.2. The average molecular weight is 490 g/mol. The van der Waals surface area contributed by atoms with Gasteiger partial charge in [0.15, 0.2) is 17.0 Å². The summed E-state index contributed by atoms with van der Waals surface area (Å²) in [5.74, 6) is -2.04. The number of carbonyl (C=O) groups excluding carboxylic acids is 1. The first-order chi connectivity index (χ1) is 15.0. The van der Waals surface area contributed by atoms with Crippen LogP contribution in [0, 0.1) is 5.92 Å². The normalized spacial score (nSPS) is 25.1. The van der Waals surface area contributed by atoms with E-state index in [1.165, 1.54) is 0 Å². The van der Waals surface area contributed by atoms with Gasteiger partial charge in [0.1, 0.15) is 26.0 Å². The van der Waals surface area contributed by atoms with Crippen molar-refractivity contribution in [3.8, 4) is 0 Å². The van der Waals surface area contributed by atoms with Gasteiger partial charge in [0, 0.05) is 26.4 Å². The predicted molar refractivity (Wildman–Crippen MR) is 123 cm³/mol. The number of carbonyl (C=O) groups is 1. The summed E-state index contributed by atoms with van der Waals surface area (Å²) in [4.78, 5) is 26.4. The number of rotatable bonds is 9. The summed E-state index contributed by atoms with van der Waals surface area (Å²) in [6.45, 7) is 5.11. The molecule has 0 saturated carbocycles. The Labute approximate surface area is 191 Å². The first-order valence-electron chi connectivity index (χ1n) is 10.2. The molecule has 32 heavy (non-hydrogen) atoms. The van der Waals surface area contributed by atoms with Gasteiger partial charge in [0.2, 0.25) is 11.8 Å². The Morgan fingerprint density at radius 2 is 2.28 bits per heavy atom. The van der Waals surface area contributed by atoms with Gasteiger partial charge in [-0.3, -0.25) is 14.4 Å². The van der Waals surface area contributed by atoms with Crippen LogP contribution in [0.1, 0.15) is 33.4 Å². The summed E-state index contributed by atoms with van der Waals surface area (Å²) in [5.41, 5.74) is 6.87. The summed E-state index contributed by atoms with van der Waals surface area (Å²) < 4.78 is 33.3. The third kappa shape index (κ3) is 5.34. The molecule has 0 aromatic carbocycles. The molecule has 1 aliphatic heterocycles. The van der Waals surface area contributed by atoms with E-state index >= 15 is 4.39 Å². The summed E-state index contributed by atoms with van der Waals surface area (Å²) in [7, 11) is 1.58. The minimum absolute atomic E-state index is 0.0867. The lowest BCUT2D eigenvalue weighted by atomic mass is 10.1. The molecule has 2 aromatic rings. The molecule has 1 saturated heterocycles. The molecule has 0 aliphatic carbocycles. The van der Waals surface area contributed by atoms with Crippen LogP contribution in [0.15, 0.2) is 6.33 Å². The number of ether oxygens (including phenoxy) is 2. The van der Waals surface area contributed by atoms with Crippen molar-refractivity contribution in [1.82, 2.24) is 24.6 Å². The van der Waals surface area contributed by atoms with Crippen molar-refractivity contribution >= 4 is 47.8 Å². The summed E-state index contributed by atoms with van der Waals surface area (Å²) in [6.07, 6.45) is 0.978. The molecule has 178 valence electrons. The van der Waals surface area contributed by atoms with E-state index in [0.717, 1.165) is 0 Å². The lowest BCUT2D eigenvalue weighted by molar-refractivity contribution is -0.171. The highest BCUT2D eigenvalue weighted by molar-refractivity contribution is 8.02. The summed E-state index contributed by atoms with van der Waals surface area (Å²) >= 11 is 5.24. The molecule has 1 fully saturated rings. The Balaban J connectivity index is 1.70. The highest BCUT2D eigenvalue weighted by Crippen LogP contribution is 2.44. The van der Waals surface area contributed by atoms with Crippen molar-refractivity contribution in [2.24, 2.45) is 5.92 Å². The number of esters is 1. The molecule has 2 aromatic heterocycles. The molecule has 3 rings (SSSR count). The number of alkyl halides is 1. The number of anilines is 2. The van der Waals surface area contributed by atoms with E-state index in [-0.39, 0.29) is 31.5 Å². The van der Waals surface area contributed by atoms with E-state index in [1.807, 2.05) is 21.0 Å². The Kier molecular flexibility index (Phi) is 7.66. The second kappa shape index (κ2) is 9.92. The van der Waals surface area contributed by atoms with Crippen molar-refractivity contribution in [2.45, 2.75) is 45.3 Å². The average Bonchev–Trinajstić information content (AvgIpc) is 3.26. The van der Waals surface area contributed by atoms with Crippen LogP contribution in [0.5, 0.6) is 0 Å². The number of hydrogen-bond acceptors (Lipinski definition) is 10. The quantitative estimate of drug-likeness (QED) is 0.395. The molecular weight excluding hydrogens is 460 g/mol. The van der Waals surface area contributed by atoms with Crippen LogP contribution in [0.4, 0.5) is 16.2 Å². The summed E-state index contributed by atoms with van der Waals surface area (Å²) in [5, 5.41) is 2.85. The fourth-order valence-corrected chi connectivity index (χ4v) is 5.13. The van der Waals surface area contributed by atoms with Gasteiger partial charge in [-0.2, -0.15) is 9.97 Å². The lowest BCUT2D eigenvalue weighted by Gasteiger charge is -2.22. The summed E-state index contributed by atoms with van der Waals surface area (Å²) in [6, 6.07) is -0.638. The maximum atomic E-state index is 15.5. The Morgan fingerprint density at radius 3 is 2.94 bits per heavy atom. The van der Waals surface area contributed by atoms with E-state index in [4.69, 9.17) is 31.5 Å². The van der Waals surface area contributed by atoms with Crippen molar-refractivity contribution in [3.63, 3.8) is 0 Å². The van der Waals surface area contributed by atoms with E-state index in [1.54, 1.807) is 29.6 Å². The molecule has 5 atom stereocenters. The van der Waals surface area contributed by atoms with Crippen LogP contribution in [0.25, 0.3) is 11.2 Å². The van der Waals surface area contributed by atoms with Crippen LogP contribution in [-0.4, -0.2) is 64.7 Å². The molecule has 3 heterocycles. The second-order valence-electron chi connectivity index (χ2n) is 7.89. The molecule has 1 unspecified atom stereocenters. The van der Waals surface area contributed by atoms with Gasteiger partial charge in [-0.25, -0.2) is 9.37 Å². The van der Waals surface area contributed by atoms with Crippen molar-refractivity contribution in [3.05, 3.63) is 6.33 Å². The Morgan fingerprint density at radius 1 is 1.56 bits per heavy atom. The van der Waals surface area contributed by atoms with Gasteiger partial charge < -0.3 is 24.6 Å². The number of nitrogens with two attached hydrogens (primary N) is 1. The van der Waals surface area contributed by atoms with Crippen LogP contribution in [0.3, 0.4) is 0 Å². The predicted octanol–water partition coefficient (Wildman–Crippen LogP) is 1.76. The lowest BCUT2D eigenvalue weighted by Crippen LogP contribution is -2.33. The van der Waals surface area contributed by atoms with Crippen LogP contribution >= 0.6 is 7.07 Å². The molecular formula is C18H29FN7O4PS. The molecule has 1 aliphatic rings. The smallest absolute Gasteiger partial charge is 0.323 e. The maximum Gasteiger partial charge on any atom is 0.323 e. The monoisotopic (exact) mass is 489 g/mol. The van der Waals surface area contributed by atoms with Crippen molar-refractivity contribution in [1.29, 1.82) is 0 Å². The molecule has 0 spiro atoms.